The van der Waals surface area contributed by atoms with Crippen LogP contribution in [0, 0.1) is 0 Å². The van der Waals surface area contributed by atoms with Gasteiger partial charge in [-0.2, -0.15) is 0 Å². The predicted octanol–water partition coefficient (Wildman–Crippen LogP) is 1.18. The van der Waals surface area contributed by atoms with Crippen molar-refractivity contribution in [3.63, 3.8) is 0 Å². The molecule has 9 nitrogen and oxygen atoms in total. The van der Waals surface area contributed by atoms with Gasteiger partial charge in [0.05, 0.1) is 39.2 Å². The summed E-state index contributed by atoms with van der Waals surface area (Å²) in [5.41, 5.74) is -0.949. The van der Waals surface area contributed by atoms with Gasteiger partial charge in [0.1, 0.15) is 28.8 Å². The summed E-state index contributed by atoms with van der Waals surface area (Å²) >= 11 is 1.25. The molecule has 10 heteroatoms. The quantitative estimate of drug-likeness (QED) is 0.498. The molecule has 0 aliphatic carbocycles. The Labute approximate surface area is 161 Å². The maximum absolute atomic E-state index is 11.2. The Morgan fingerprint density at radius 1 is 1.22 bits per heavy atom. The molecule has 0 saturated carbocycles. The maximum Gasteiger partial charge on any atom is 0.332 e. The number of nitrogens with zero attached hydrogens (tertiary/aromatic N) is 2. The molecule has 0 bridgehead atoms. The molecule has 1 aliphatic heterocycles. The van der Waals surface area contributed by atoms with Crippen LogP contribution in [0.4, 0.5) is 0 Å². The molecule has 0 radical (unpaired) electrons. The van der Waals surface area contributed by atoms with E-state index in [2.05, 4.69) is 9.98 Å². The Morgan fingerprint density at radius 3 is 2.48 bits per heavy atom. The molecule has 0 unspecified atom stereocenters. The van der Waals surface area contributed by atoms with E-state index < -0.39 is 11.5 Å². The van der Waals surface area contributed by atoms with E-state index in [4.69, 9.17) is 18.9 Å². The van der Waals surface area contributed by atoms with Crippen LogP contribution in [-0.4, -0.2) is 84.3 Å². The van der Waals surface area contributed by atoms with E-state index >= 15 is 0 Å². The minimum atomic E-state index is -1.20. The van der Waals surface area contributed by atoms with E-state index in [1.807, 2.05) is 0 Å². The monoisotopic (exact) mass is 400 g/mol. The number of aromatic hydroxyl groups is 1. The number of ether oxygens (including phenoxy) is 4. The van der Waals surface area contributed by atoms with Gasteiger partial charge in [0.2, 0.25) is 0 Å². The lowest BCUT2D eigenvalue weighted by atomic mass is 10.1. The van der Waals surface area contributed by atoms with Crippen LogP contribution in [-0.2, 0) is 19.0 Å². The molecule has 0 saturated heterocycles. The standard InChI is InChI=1S/C17H24N2O7S/c1-17(16(21)22)11-27-15(19-17)14-13(20)9-12(10-18-14)26-8-7-25-6-5-24-4-3-23-2/h9-10,20H,3-8,11H2,1-2H3,(H,21,22)/t17-/m1/s1. The largest absolute Gasteiger partial charge is 0.505 e. The summed E-state index contributed by atoms with van der Waals surface area (Å²) in [6.45, 7) is 4.22. The highest BCUT2D eigenvalue weighted by molar-refractivity contribution is 8.14. The highest BCUT2D eigenvalue weighted by Gasteiger charge is 2.39. The molecule has 1 atom stereocenters. The van der Waals surface area contributed by atoms with Crippen LogP contribution in [0.1, 0.15) is 12.6 Å². The Hall–Kier alpha value is -1.88. The fourth-order valence-electron chi connectivity index (χ4n) is 2.09. The predicted molar refractivity (Wildman–Crippen MR) is 99.9 cm³/mol. The molecule has 1 aromatic heterocycles. The summed E-state index contributed by atoms with van der Waals surface area (Å²) in [6, 6.07) is 1.43. The Morgan fingerprint density at radius 2 is 1.89 bits per heavy atom. The average molecular weight is 400 g/mol. The normalized spacial score (nSPS) is 19.1. The molecule has 1 aliphatic rings. The van der Waals surface area contributed by atoms with Crippen molar-refractivity contribution in [2.45, 2.75) is 12.5 Å². The van der Waals surface area contributed by atoms with Gasteiger partial charge < -0.3 is 29.2 Å². The minimum Gasteiger partial charge on any atom is -0.505 e. The number of rotatable bonds is 12. The number of methoxy groups -OCH3 is 1. The number of carboxylic acids is 1. The van der Waals surface area contributed by atoms with Crippen molar-refractivity contribution in [2.24, 2.45) is 4.99 Å². The van der Waals surface area contributed by atoms with E-state index in [-0.39, 0.29) is 11.4 Å². The maximum atomic E-state index is 11.2. The number of carbonyl (C=O) groups is 1. The zero-order valence-electron chi connectivity index (χ0n) is 15.3. The molecule has 0 aromatic carbocycles. The first-order chi connectivity index (χ1) is 13.0. The smallest absolute Gasteiger partial charge is 0.332 e. The summed E-state index contributed by atoms with van der Waals surface area (Å²) in [5.74, 6) is -0.431. The van der Waals surface area contributed by atoms with Crippen LogP contribution < -0.4 is 4.74 Å². The number of carboxylic acid groups (broad SMARTS) is 1. The molecule has 0 amide bonds. The topological polar surface area (TPSA) is 120 Å². The van der Waals surface area contributed by atoms with Gasteiger partial charge in [0.25, 0.3) is 0 Å². The molecule has 0 fully saturated rings. The Kier molecular flexibility index (Phi) is 8.29. The number of hydrogen-bond donors (Lipinski definition) is 2. The van der Waals surface area contributed by atoms with E-state index in [0.717, 1.165) is 0 Å². The summed E-state index contributed by atoms with van der Waals surface area (Å²) in [5, 5.41) is 19.8. The van der Waals surface area contributed by atoms with Gasteiger partial charge in [-0.05, 0) is 6.92 Å². The third kappa shape index (κ3) is 6.35. The van der Waals surface area contributed by atoms with E-state index in [1.165, 1.54) is 30.9 Å². The highest BCUT2D eigenvalue weighted by atomic mass is 32.2. The summed E-state index contributed by atoms with van der Waals surface area (Å²) in [7, 11) is 1.61. The van der Waals surface area contributed by atoms with E-state index in [1.54, 1.807) is 7.11 Å². The number of hydrogen-bond acceptors (Lipinski definition) is 9. The van der Waals surface area contributed by atoms with Crippen molar-refractivity contribution in [1.82, 2.24) is 4.98 Å². The molecule has 27 heavy (non-hydrogen) atoms. The first kappa shape index (κ1) is 21.4. The zero-order valence-corrected chi connectivity index (χ0v) is 16.2. The van der Waals surface area contributed by atoms with Gasteiger partial charge >= 0.3 is 5.97 Å². The van der Waals surface area contributed by atoms with Crippen molar-refractivity contribution < 1.29 is 34.0 Å². The highest BCUT2D eigenvalue weighted by Crippen LogP contribution is 2.34. The molecule has 2 rings (SSSR count). The second-order valence-electron chi connectivity index (χ2n) is 5.89. The van der Waals surface area contributed by atoms with Gasteiger partial charge in [-0.15, -0.1) is 11.8 Å². The van der Waals surface area contributed by atoms with Crippen LogP contribution in [0.3, 0.4) is 0 Å². The average Bonchev–Trinajstić information content (AvgIpc) is 3.04. The first-order valence-electron chi connectivity index (χ1n) is 8.39. The lowest BCUT2D eigenvalue weighted by Gasteiger charge is -2.11. The van der Waals surface area contributed by atoms with Gasteiger partial charge in [-0.1, -0.05) is 0 Å². The first-order valence-corrected chi connectivity index (χ1v) is 9.37. The number of aliphatic carboxylic acids is 1. The fraction of sp³-hybridized carbons (Fsp3) is 0.588. The van der Waals surface area contributed by atoms with Crippen LogP contribution in [0.5, 0.6) is 11.5 Å². The van der Waals surface area contributed by atoms with Crippen molar-refractivity contribution >= 4 is 22.8 Å². The molecule has 0 spiro atoms. The molecule has 2 N–H and O–H groups in total. The second-order valence-corrected chi connectivity index (χ2v) is 6.85. The molecular formula is C17H24N2O7S. The summed E-state index contributed by atoms with van der Waals surface area (Å²) < 4.78 is 21.0. The van der Waals surface area contributed by atoms with Gasteiger partial charge in [-0.25, -0.2) is 9.78 Å². The Balaban J connectivity index is 1.76. The summed E-state index contributed by atoms with van der Waals surface area (Å²) in [6.07, 6.45) is 1.46. The van der Waals surface area contributed by atoms with E-state index in [0.29, 0.717) is 56.2 Å². The number of pyridine rings is 1. The Bertz CT molecular complexity index is 671. The third-order valence-corrected chi connectivity index (χ3v) is 4.91. The SMILES string of the molecule is COCCOCCOCCOc1cnc(C2=N[C@@](C)(C(=O)O)CS2)c(O)c1. The number of aliphatic imine (C=N–C) groups is 1. The van der Waals surface area contributed by atoms with Gasteiger partial charge in [0, 0.05) is 18.9 Å². The van der Waals surface area contributed by atoms with Gasteiger partial charge in [0.15, 0.2) is 5.54 Å². The van der Waals surface area contributed by atoms with Crippen LogP contribution in [0.15, 0.2) is 17.3 Å². The van der Waals surface area contributed by atoms with Crippen molar-refractivity contribution in [1.29, 1.82) is 0 Å². The fourth-order valence-corrected chi connectivity index (χ4v) is 3.26. The third-order valence-electron chi connectivity index (χ3n) is 3.64. The van der Waals surface area contributed by atoms with Crippen LogP contribution in [0.2, 0.25) is 0 Å². The summed E-state index contributed by atoms with van der Waals surface area (Å²) in [4.78, 5) is 19.6. The van der Waals surface area contributed by atoms with E-state index in [9.17, 15) is 15.0 Å². The van der Waals surface area contributed by atoms with Crippen molar-refractivity contribution in [3.8, 4) is 11.5 Å². The lowest BCUT2D eigenvalue weighted by molar-refractivity contribution is -0.141. The second kappa shape index (κ2) is 10.5. The lowest BCUT2D eigenvalue weighted by Crippen LogP contribution is -2.33. The molecular weight excluding hydrogens is 376 g/mol. The van der Waals surface area contributed by atoms with Crippen molar-refractivity contribution in [3.05, 3.63) is 18.0 Å². The number of aromatic nitrogens is 1. The van der Waals surface area contributed by atoms with Gasteiger partial charge in [-0.3, -0.25) is 4.99 Å². The van der Waals surface area contributed by atoms with Crippen molar-refractivity contribution in [2.75, 3.05) is 52.5 Å². The minimum absolute atomic E-state index is 0.110. The molecule has 1 aromatic rings. The number of thioether (sulfide) groups is 1. The van der Waals surface area contributed by atoms with Crippen LogP contribution in [0.25, 0.3) is 0 Å². The molecule has 2 heterocycles. The van der Waals surface area contributed by atoms with Crippen LogP contribution >= 0.6 is 11.8 Å². The molecule has 150 valence electrons. The zero-order chi connectivity index (χ0) is 19.7.